The van der Waals surface area contributed by atoms with Gasteiger partial charge in [-0.15, -0.1) is 0 Å². The molecule has 0 atom stereocenters. The van der Waals surface area contributed by atoms with Crippen LogP contribution in [-0.4, -0.2) is 42.1 Å². The predicted octanol–water partition coefficient (Wildman–Crippen LogP) is 1.92. The summed E-state index contributed by atoms with van der Waals surface area (Å²) in [4.78, 5) is 16.7. The van der Waals surface area contributed by atoms with Crippen LogP contribution in [0.5, 0.6) is 0 Å². The highest BCUT2D eigenvalue weighted by molar-refractivity contribution is 5.98. The number of halogens is 2. The van der Waals surface area contributed by atoms with E-state index in [0.717, 1.165) is 12.1 Å². The minimum Gasteiger partial charge on any atom is -0.378 e. The number of nitrogens with zero attached hydrogens (tertiary/aromatic N) is 1. The summed E-state index contributed by atoms with van der Waals surface area (Å²) in [5, 5.41) is 0.482. The normalized spacial score (nSPS) is 16.0. The van der Waals surface area contributed by atoms with Gasteiger partial charge >= 0.3 is 0 Å². The van der Waals surface area contributed by atoms with Gasteiger partial charge in [0.1, 0.15) is 5.69 Å². The van der Waals surface area contributed by atoms with Crippen LogP contribution in [0.4, 0.5) is 8.78 Å². The lowest BCUT2D eigenvalue weighted by Crippen LogP contribution is -2.40. The maximum atomic E-state index is 13.1. The van der Waals surface area contributed by atoms with Crippen LogP contribution in [0.1, 0.15) is 10.5 Å². The first-order valence-electron chi connectivity index (χ1n) is 6.00. The molecule has 1 aromatic carbocycles. The van der Waals surface area contributed by atoms with Gasteiger partial charge < -0.3 is 14.6 Å². The third-order valence-corrected chi connectivity index (χ3v) is 3.19. The molecule has 100 valence electrons. The van der Waals surface area contributed by atoms with E-state index in [2.05, 4.69) is 4.98 Å². The van der Waals surface area contributed by atoms with Crippen LogP contribution in [0.3, 0.4) is 0 Å². The van der Waals surface area contributed by atoms with Gasteiger partial charge in [0.15, 0.2) is 11.6 Å². The molecule has 2 heterocycles. The second-order valence-electron chi connectivity index (χ2n) is 4.44. The van der Waals surface area contributed by atoms with Crippen molar-refractivity contribution in [3.8, 4) is 0 Å². The fourth-order valence-electron chi connectivity index (χ4n) is 2.18. The van der Waals surface area contributed by atoms with Gasteiger partial charge in [-0.05, 0) is 12.1 Å². The monoisotopic (exact) mass is 266 g/mol. The molecule has 1 aromatic heterocycles. The molecule has 0 radical (unpaired) electrons. The van der Waals surface area contributed by atoms with Crippen molar-refractivity contribution >= 4 is 16.8 Å². The summed E-state index contributed by atoms with van der Waals surface area (Å²) in [6, 6.07) is 3.67. The lowest BCUT2D eigenvalue weighted by Gasteiger charge is -2.26. The number of aromatic nitrogens is 1. The molecule has 1 N–H and O–H groups in total. The maximum absolute atomic E-state index is 13.1. The van der Waals surface area contributed by atoms with Crippen LogP contribution in [0.15, 0.2) is 18.2 Å². The van der Waals surface area contributed by atoms with E-state index >= 15 is 0 Å². The number of morpholine rings is 1. The summed E-state index contributed by atoms with van der Waals surface area (Å²) in [6.45, 7) is 2.07. The van der Waals surface area contributed by atoms with Crippen molar-refractivity contribution in [3.05, 3.63) is 35.5 Å². The Hall–Kier alpha value is -1.95. The van der Waals surface area contributed by atoms with E-state index in [9.17, 15) is 13.6 Å². The highest BCUT2D eigenvalue weighted by Crippen LogP contribution is 2.20. The lowest BCUT2D eigenvalue weighted by atomic mass is 10.2. The van der Waals surface area contributed by atoms with Gasteiger partial charge in [0.05, 0.1) is 13.2 Å². The van der Waals surface area contributed by atoms with Crippen LogP contribution in [0.2, 0.25) is 0 Å². The van der Waals surface area contributed by atoms with Crippen molar-refractivity contribution in [2.45, 2.75) is 0 Å². The zero-order valence-corrected chi connectivity index (χ0v) is 10.1. The minimum atomic E-state index is -0.931. The molecule has 2 aromatic rings. The number of hydrogen-bond donors (Lipinski definition) is 1. The maximum Gasteiger partial charge on any atom is 0.270 e. The number of H-pyrrole nitrogens is 1. The van der Waals surface area contributed by atoms with Gasteiger partial charge in [0.2, 0.25) is 0 Å². The lowest BCUT2D eigenvalue weighted by molar-refractivity contribution is 0.0299. The van der Waals surface area contributed by atoms with Crippen molar-refractivity contribution < 1.29 is 18.3 Å². The number of hydrogen-bond acceptors (Lipinski definition) is 2. The van der Waals surface area contributed by atoms with Crippen LogP contribution >= 0.6 is 0 Å². The van der Waals surface area contributed by atoms with E-state index in [-0.39, 0.29) is 5.91 Å². The Bertz CT molecular complexity index is 594. The molecular weight excluding hydrogens is 254 g/mol. The molecule has 19 heavy (non-hydrogen) atoms. The Balaban J connectivity index is 1.94. The number of nitrogens with one attached hydrogen (secondary N) is 1. The van der Waals surface area contributed by atoms with Crippen LogP contribution < -0.4 is 0 Å². The zero-order valence-electron chi connectivity index (χ0n) is 10.1. The standard InChI is InChI=1S/C13H12F2N2O2/c14-9-5-8-6-12(16-11(8)7-10(9)15)13(18)17-1-3-19-4-2-17/h5-7,16H,1-4H2. The first-order valence-corrected chi connectivity index (χ1v) is 6.00. The van der Waals surface area contributed by atoms with Crippen LogP contribution in [-0.2, 0) is 4.74 Å². The molecule has 0 saturated carbocycles. The Kier molecular flexibility index (Phi) is 2.94. The molecule has 1 amide bonds. The number of amides is 1. The Morgan fingerprint density at radius 2 is 1.84 bits per heavy atom. The van der Waals surface area contributed by atoms with Crippen molar-refractivity contribution in [1.29, 1.82) is 0 Å². The average molecular weight is 266 g/mol. The van der Waals surface area contributed by atoms with Gasteiger partial charge in [-0.3, -0.25) is 4.79 Å². The molecule has 1 aliphatic heterocycles. The molecule has 4 nitrogen and oxygen atoms in total. The van der Waals surface area contributed by atoms with Crippen molar-refractivity contribution in [1.82, 2.24) is 9.88 Å². The smallest absolute Gasteiger partial charge is 0.270 e. The first kappa shape index (κ1) is 12.1. The summed E-state index contributed by atoms with van der Waals surface area (Å²) in [5.74, 6) is -2.03. The average Bonchev–Trinajstić information content (AvgIpc) is 2.82. The molecule has 3 rings (SSSR count). The summed E-state index contributed by atoms with van der Waals surface area (Å²) in [7, 11) is 0. The van der Waals surface area contributed by atoms with Crippen molar-refractivity contribution in [2.75, 3.05) is 26.3 Å². The van der Waals surface area contributed by atoms with E-state index in [1.165, 1.54) is 6.07 Å². The van der Waals surface area contributed by atoms with Gasteiger partial charge in [-0.1, -0.05) is 0 Å². The topological polar surface area (TPSA) is 45.3 Å². The van der Waals surface area contributed by atoms with E-state index in [1.54, 1.807) is 4.90 Å². The molecule has 0 bridgehead atoms. The second-order valence-corrected chi connectivity index (χ2v) is 4.44. The predicted molar refractivity (Wildman–Crippen MR) is 64.9 cm³/mol. The van der Waals surface area contributed by atoms with Gasteiger partial charge in [0, 0.05) is 30.1 Å². The molecule has 0 aliphatic carbocycles. The molecule has 0 unspecified atom stereocenters. The second kappa shape index (κ2) is 4.62. The van der Waals surface area contributed by atoms with Crippen LogP contribution in [0, 0.1) is 11.6 Å². The first-order chi connectivity index (χ1) is 9.15. The van der Waals surface area contributed by atoms with Crippen molar-refractivity contribution in [2.24, 2.45) is 0 Å². The molecule has 1 fully saturated rings. The fraction of sp³-hybridized carbons (Fsp3) is 0.308. The number of benzene rings is 1. The highest BCUT2D eigenvalue weighted by Gasteiger charge is 2.20. The number of rotatable bonds is 1. The number of carbonyl (C=O) groups is 1. The number of carbonyl (C=O) groups excluding carboxylic acids is 1. The van der Waals surface area contributed by atoms with Crippen molar-refractivity contribution in [3.63, 3.8) is 0 Å². The largest absolute Gasteiger partial charge is 0.378 e. The summed E-state index contributed by atoms with van der Waals surface area (Å²) < 4.78 is 31.4. The minimum absolute atomic E-state index is 0.180. The SMILES string of the molecule is O=C(c1cc2cc(F)c(F)cc2[nH]1)N1CCOCC1. The quantitative estimate of drug-likeness (QED) is 0.857. The number of ether oxygens (including phenoxy) is 1. The van der Waals surface area contributed by atoms with E-state index < -0.39 is 11.6 Å². The van der Waals surface area contributed by atoms with E-state index in [1.807, 2.05) is 0 Å². The summed E-state index contributed by atoms with van der Waals surface area (Å²) >= 11 is 0. The van der Waals surface area contributed by atoms with Gasteiger partial charge in [0.25, 0.3) is 5.91 Å². The summed E-state index contributed by atoms with van der Waals surface area (Å²) in [5.41, 5.74) is 0.748. The number of aromatic amines is 1. The highest BCUT2D eigenvalue weighted by atomic mass is 19.2. The number of fused-ring (bicyclic) bond motifs is 1. The zero-order chi connectivity index (χ0) is 13.4. The Morgan fingerprint density at radius 3 is 2.58 bits per heavy atom. The van der Waals surface area contributed by atoms with E-state index in [0.29, 0.717) is 42.9 Å². The molecule has 1 aliphatic rings. The Labute approximate surface area is 108 Å². The third kappa shape index (κ3) is 2.19. The van der Waals surface area contributed by atoms with Crippen LogP contribution in [0.25, 0.3) is 10.9 Å². The van der Waals surface area contributed by atoms with E-state index in [4.69, 9.17) is 4.74 Å². The fourth-order valence-corrected chi connectivity index (χ4v) is 2.18. The molecule has 1 saturated heterocycles. The molecule has 0 spiro atoms. The van der Waals surface area contributed by atoms with Gasteiger partial charge in [-0.2, -0.15) is 0 Å². The van der Waals surface area contributed by atoms with Gasteiger partial charge in [-0.25, -0.2) is 8.78 Å². The summed E-state index contributed by atoms with van der Waals surface area (Å²) in [6.07, 6.45) is 0. The third-order valence-electron chi connectivity index (χ3n) is 3.19. The Morgan fingerprint density at radius 1 is 1.16 bits per heavy atom. The molecular formula is C13H12F2N2O2. The molecule has 6 heteroatoms.